The number of aromatic nitrogens is 2. The van der Waals surface area contributed by atoms with Gasteiger partial charge in [0.1, 0.15) is 0 Å². The first-order valence-corrected chi connectivity index (χ1v) is 5.51. The number of nitrogens with zero attached hydrogens (tertiary/aromatic N) is 2. The zero-order chi connectivity index (χ0) is 12.3. The lowest BCUT2D eigenvalue weighted by atomic mass is 10.1. The third kappa shape index (κ3) is 2.93. The van der Waals surface area contributed by atoms with Gasteiger partial charge in [0.25, 0.3) is 0 Å². The Morgan fingerprint density at radius 1 is 1.18 bits per heavy atom. The molecule has 17 heavy (non-hydrogen) atoms. The van der Waals surface area contributed by atoms with Crippen molar-refractivity contribution in [2.45, 2.75) is 19.9 Å². The van der Waals surface area contributed by atoms with Crippen molar-refractivity contribution in [2.75, 3.05) is 5.32 Å². The summed E-state index contributed by atoms with van der Waals surface area (Å²) in [6.45, 7) is 3.85. The Balaban J connectivity index is 2.16. The van der Waals surface area contributed by atoms with Gasteiger partial charge in [0.05, 0.1) is 6.04 Å². The van der Waals surface area contributed by atoms with E-state index in [0.29, 0.717) is 5.95 Å². The van der Waals surface area contributed by atoms with Crippen LogP contribution in [0.3, 0.4) is 0 Å². The van der Waals surface area contributed by atoms with Gasteiger partial charge in [-0.15, -0.1) is 0 Å². The first-order valence-electron chi connectivity index (χ1n) is 5.51. The maximum absolute atomic E-state index is 9.39. The molecule has 2 rings (SSSR count). The quantitative estimate of drug-likeness (QED) is 0.849. The number of hydrogen-bond donors (Lipinski definition) is 2. The van der Waals surface area contributed by atoms with Gasteiger partial charge in [-0.25, -0.2) is 4.98 Å². The predicted molar refractivity (Wildman–Crippen MR) is 66.9 cm³/mol. The molecular formula is C13H15N3O. The summed E-state index contributed by atoms with van der Waals surface area (Å²) in [7, 11) is 0. The summed E-state index contributed by atoms with van der Waals surface area (Å²) in [6.07, 6.45) is 0. The SMILES string of the molecule is Cc1cc(O)nc(NC(C)c2ccccc2)n1. The van der Waals surface area contributed by atoms with E-state index in [1.54, 1.807) is 0 Å². The fourth-order valence-corrected chi connectivity index (χ4v) is 1.64. The van der Waals surface area contributed by atoms with E-state index in [-0.39, 0.29) is 11.9 Å². The van der Waals surface area contributed by atoms with E-state index in [1.165, 1.54) is 6.07 Å². The van der Waals surface area contributed by atoms with Crippen LogP contribution >= 0.6 is 0 Å². The minimum Gasteiger partial charge on any atom is -0.493 e. The van der Waals surface area contributed by atoms with Crippen LogP contribution in [0, 0.1) is 6.92 Å². The molecule has 0 saturated heterocycles. The van der Waals surface area contributed by atoms with Crippen molar-refractivity contribution in [3.8, 4) is 5.88 Å². The Bertz CT molecular complexity index is 479. The van der Waals surface area contributed by atoms with E-state index in [2.05, 4.69) is 15.3 Å². The number of hydrogen-bond acceptors (Lipinski definition) is 4. The molecule has 0 amide bonds. The minimum absolute atomic E-state index is 0.0136. The highest BCUT2D eigenvalue weighted by molar-refractivity contribution is 5.34. The zero-order valence-corrected chi connectivity index (χ0v) is 9.88. The number of nitrogens with one attached hydrogen (secondary N) is 1. The molecule has 1 heterocycles. The normalized spacial score (nSPS) is 12.1. The van der Waals surface area contributed by atoms with Crippen molar-refractivity contribution in [3.05, 3.63) is 47.7 Å². The second-order valence-corrected chi connectivity index (χ2v) is 3.97. The summed E-state index contributed by atoms with van der Waals surface area (Å²) in [5.41, 5.74) is 1.89. The van der Waals surface area contributed by atoms with Crippen LogP contribution in [0.2, 0.25) is 0 Å². The summed E-state index contributed by atoms with van der Waals surface area (Å²) in [5.74, 6) is 0.430. The molecule has 4 heteroatoms. The number of rotatable bonds is 3. The molecule has 2 aromatic rings. The van der Waals surface area contributed by atoms with E-state index in [0.717, 1.165) is 11.3 Å². The van der Waals surface area contributed by atoms with Gasteiger partial charge in [0, 0.05) is 11.8 Å². The molecule has 0 radical (unpaired) electrons. The molecule has 0 fully saturated rings. The maximum Gasteiger partial charge on any atom is 0.226 e. The van der Waals surface area contributed by atoms with Crippen LogP contribution in [0.4, 0.5) is 5.95 Å². The lowest BCUT2D eigenvalue weighted by Gasteiger charge is -2.14. The van der Waals surface area contributed by atoms with Gasteiger partial charge >= 0.3 is 0 Å². The lowest BCUT2D eigenvalue weighted by molar-refractivity contribution is 0.452. The van der Waals surface area contributed by atoms with Crippen molar-refractivity contribution in [2.24, 2.45) is 0 Å². The van der Waals surface area contributed by atoms with E-state index in [1.807, 2.05) is 44.2 Å². The number of aromatic hydroxyl groups is 1. The summed E-state index contributed by atoms with van der Waals surface area (Å²) in [5, 5.41) is 12.5. The Kier molecular flexibility index (Phi) is 3.23. The van der Waals surface area contributed by atoms with Gasteiger partial charge in [0.15, 0.2) is 0 Å². The van der Waals surface area contributed by atoms with Gasteiger partial charge in [-0.05, 0) is 19.4 Å². The Morgan fingerprint density at radius 2 is 1.88 bits per heavy atom. The zero-order valence-electron chi connectivity index (χ0n) is 9.88. The number of aryl methyl sites for hydroxylation is 1. The van der Waals surface area contributed by atoms with Crippen molar-refractivity contribution >= 4 is 5.95 Å². The second-order valence-electron chi connectivity index (χ2n) is 3.97. The predicted octanol–water partition coefficient (Wildman–Crippen LogP) is 2.66. The van der Waals surface area contributed by atoms with E-state index in [4.69, 9.17) is 0 Å². The van der Waals surface area contributed by atoms with Gasteiger partial charge in [0.2, 0.25) is 11.8 Å². The molecule has 88 valence electrons. The highest BCUT2D eigenvalue weighted by Crippen LogP contribution is 2.18. The van der Waals surface area contributed by atoms with Gasteiger partial charge in [-0.3, -0.25) is 0 Å². The van der Waals surface area contributed by atoms with Crippen LogP contribution in [-0.4, -0.2) is 15.1 Å². The second kappa shape index (κ2) is 4.82. The molecule has 1 atom stereocenters. The first-order chi connectivity index (χ1) is 8.15. The molecule has 1 aromatic heterocycles. The largest absolute Gasteiger partial charge is 0.493 e. The number of anilines is 1. The third-order valence-electron chi connectivity index (χ3n) is 2.49. The summed E-state index contributed by atoms with van der Waals surface area (Å²) in [6, 6.07) is 11.6. The fraction of sp³-hybridized carbons (Fsp3) is 0.231. The summed E-state index contributed by atoms with van der Waals surface area (Å²) in [4.78, 5) is 8.15. The Morgan fingerprint density at radius 3 is 2.53 bits per heavy atom. The standard InChI is InChI=1S/C13H15N3O/c1-9-8-12(17)16-13(14-9)15-10(2)11-6-4-3-5-7-11/h3-8,10H,1-2H3,(H2,14,15,16,17). The average Bonchev–Trinajstić information content (AvgIpc) is 2.28. The Labute approximate surface area is 100 Å². The molecule has 0 bridgehead atoms. The summed E-state index contributed by atoms with van der Waals surface area (Å²) < 4.78 is 0. The molecule has 1 unspecified atom stereocenters. The highest BCUT2D eigenvalue weighted by Gasteiger charge is 2.07. The van der Waals surface area contributed by atoms with Crippen LogP contribution in [0.1, 0.15) is 24.2 Å². The third-order valence-corrected chi connectivity index (χ3v) is 2.49. The van der Waals surface area contributed by atoms with Gasteiger partial charge in [-0.2, -0.15) is 4.98 Å². The van der Waals surface area contributed by atoms with Crippen molar-refractivity contribution < 1.29 is 5.11 Å². The van der Waals surface area contributed by atoms with Crippen molar-refractivity contribution in [1.82, 2.24) is 9.97 Å². The molecule has 4 nitrogen and oxygen atoms in total. The van der Waals surface area contributed by atoms with Crippen LogP contribution < -0.4 is 5.32 Å². The molecular weight excluding hydrogens is 214 g/mol. The Hall–Kier alpha value is -2.10. The van der Waals surface area contributed by atoms with E-state index in [9.17, 15) is 5.11 Å². The smallest absolute Gasteiger partial charge is 0.226 e. The topological polar surface area (TPSA) is 58.0 Å². The highest BCUT2D eigenvalue weighted by atomic mass is 16.3. The lowest BCUT2D eigenvalue weighted by Crippen LogP contribution is -2.09. The summed E-state index contributed by atoms with van der Waals surface area (Å²) >= 11 is 0. The van der Waals surface area contributed by atoms with Crippen molar-refractivity contribution in [3.63, 3.8) is 0 Å². The fourth-order valence-electron chi connectivity index (χ4n) is 1.64. The molecule has 0 spiro atoms. The van der Waals surface area contributed by atoms with Crippen LogP contribution in [0.15, 0.2) is 36.4 Å². The molecule has 1 aromatic carbocycles. The van der Waals surface area contributed by atoms with Crippen molar-refractivity contribution in [1.29, 1.82) is 0 Å². The van der Waals surface area contributed by atoms with Crippen LogP contribution in [0.25, 0.3) is 0 Å². The molecule has 0 aliphatic carbocycles. The first kappa shape index (κ1) is 11.4. The monoisotopic (exact) mass is 229 g/mol. The molecule has 0 saturated carbocycles. The van der Waals surface area contributed by atoms with Gasteiger partial charge in [-0.1, -0.05) is 30.3 Å². The molecule has 0 aliphatic rings. The maximum atomic E-state index is 9.39. The van der Waals surface area contributed by atoms with Crippen LogP contribution in [0.5, 0.6) is 5.88 Å². The minimum atomic E-state index is -0.0136. The molecule has 0 aliphatic heterocycles. The number of benzene rings is 1. The van der Waals surface area contributed by atoms with Crippen LogP contribution in [-0.2, 0) is 0 Å². The average molecular weight is 229 g/mol. The molecule has 2 N–H and O–H groups in total. The van der Waals surface area contributed by atoms with Gasteiger partial charge < -0.3 is 10.4 Å². The van der Waals surface area contributed by atoms with E-state index >= 15 is 0 Å². The van der Waals surface area contributed by atoms with E-state index < -0.39 is 0 Å².